The summed E-state index contributed by atoms with van der Waals surface area (Å²) in [5, 5.41) is 3.22. The summed E-state index contributed by atoms with van der Waals surface area (Å²) in [6.07, 6.45) is 0.204. The van der Waals surface area contributed by atoms with Gasteiger partial charge in [-0.2, -0.15) is 0 Å². The van der Waals surface area contributed by atoms with Gasteiger partial charge in [0.25, 0.3) is 0 Å². The first-order valence-electron chi connectivity index (χ1n) is 4.49. The molecule has 1 rings (SSSR count). The first-order valence-corrected chi connectivity index (χ1v) is 4.49. The highest BCUT2D eigenvalue weighted by Crippen LogP contribution is 2.24. The van der Waals surface area contributed by atoms with E-state index in [1.807, 2.05) is 11.8 Å². The number of nitrogens with zero attached hydrogens (tertiary/aromatic N) is 1. The molecule has 0 spiro atoms. The smallest absolute Gasteiger partial charge is 0.237 e. The van der Waals surface area contributed by atoms with Crippen molar-refractivity contribution in [3.05, 3.63) is 0 Å². The topological polar surface area (TPSA) is 32.3 Å². The fourth-order valence-electron chi connectivity index (χ4n) is 1.67. The molecule has 1 amide bonds. The quantitative estimate of drug-likeness (QED) is 0.631. The molecule has 3 heteroatoms. The van der Waals surface area contributed by atoms with Crippen LogP contribution in [0.15, 0.2) is 0 Å². The molecule has 1 atom stereocenters. The van der Waals surface area contributed by atoms with E-state index >= 15 is 0 Å². The number of hydrogen-bond donors (Lipinski definition) is 1. The molecular formula is C9H18N2O. The third-order valence-corrected chi connectivity index (χ3v) is 2.24. The zero-order valence-corrected chi connectivity index (χ0v) is 8.35. The number of rotatable bonds is 1. The largest absolute Gasteiger partial charge is 0.326 e. The van der Waals surface area contributed by atoms with Crippen LogP contribution < -0.4 is 5.32 Å². The molecule has 1 heterocycles. The zero-order chi connectivity index (χ0) is 9.35. The van der Waals surface area contributed by atoms with Gasteiger partial charge in [0.15, 0.2) is 0 Å². The van der Waals surface area contributed by atoms with Crippen molar-refractivity contribution in [3.63, 3.8) is 0 Å². The summed E-state index contributed by atoms with van der Waals surface area (Å²) in [4.78, 5) is 13.2. The van der Waals surface area contributed by atoms with Crippen LogP contribution in [-0.4, -0.2) is 30.1 Å². The maximum absolute atomic E-state index is 11.3. The number of amides is 1. The summed E-state index contributed by atoms with van der Waals surface area (Å²) >= 11 is 0. The summed E-state index contributed by atoms with van der Waals surface area (Å²) in [6.45, 7) is 9.75. The molecule has 0 unspecified atom stereocenters. The van der Waals surface area contributed by atoms with E-state index in [0.717, 1.165) is 6.54 Å². The Hall–Kier alpha value is -0.570. The van der Waals surface area contributed by atoms with E-state index in [9.17, 15) is 4.79 Å². The predicted octanol–water partition coefficient (Wildman–Crippen LogP) is 0.810. The summed E-state index contributed by atoms with van der Waals surface area (Å²) in [5.74, 6) is 0.220. The van der Waals surface area contributed by atoms with E-state index in [1.54, 1.807) is 0 Å². The molecule has 0 aromatic heterocycles. The minimum Gasteiger partial charge on any atom is -0.326 e. The number of nitrogens with one attached hydrogen (secondary N) is 1. The molecule has 0 aromatic rings. The van der Waals surface area contributed by atoms with Gasteiger partial charge in [-0.25, -0.2) is 0 Å². The van der Waals surface area contributed by atoms with Gasteiger partial charge in [0, 0.05) is 6.54 Å². The van der Waals surface area contributed by atoms with Crippen molar-refractivity contribution in [1.29, 1.82) is 0 Å². The fourth-order valence-corrected chi connectivity index (χ4v) is 1.67. The van der Waals surface area contributed by atoms with Gasteiger partial charge in [0.1, 0.15) is 0 Å². The average Bonchev–Trinajstić information content (AvgIpc) is 2.29. The maximum Gasteiger partial charge on any atom is 0.237 e. The molecule has 1 aliphatic rings. The molecule has 0 saturated carbocycles. The van der Waals surface area contributed by atoms with Crippen molar-refractivity contribution in [1.82, 2.24) is 10.2 Å². The second kappa shape index (κ2) is 3.05. The highest BCUT2D eigenvalue weighted by Gasteiger charge is 2.36. The Morgan fingerprint density at radius 2 is 2.17 bits per heavy atom. The van der Waals surface area contributed by atoms with Gasteiger partial charge in [-0.1, -0.05) is 20.8 Å². The molecule has 0 bridgehead atoms. The van der Waals surface area contributed by atoms with E-state index in [4.69, 9.17) is 0 Å². The molecule has 1 saturated heterocycles. The standard InChI is InChI=1S/C9H18N2O/c1-5-11-7(12)6-10-8(11)9(2,3)4/h8,10H,5-6H2,1-4H3/t8-/m0/s1. The lowest BCUT2D eigenvalue weighted by Crippen LogP contribution is -2.46. The Morgan fingerprint density at radius 1 is 1.58 bits per heavy atom. The molecule has 1 fully saturated rings. The van der Waals surface area contributed by atoms with E-state index in [-0.39, 0.29) is 17.5 Å². The SMILES string of the molecule is CCN1C(=O)CN[C@@H]1C(C)(C)C. The summed E-state index contributed by atoms with van der Waals surface area (Å²) < 4.78 is 0. The van der Waals surface area contributed by atoms with Crippen molar-refractivity contribution < 1.29 is 4.79 Å². The van der Waals surface area contributed by atoms with Gasteiger partial charge in [0.05, 0.1) is 12.7 Å². The molecule has 0 aromatic carbocycles. The highest BCUT2D eigenvalue weighted by atomic mass is 16.2. The fraction of sp³-hybridized carbons (Fsp3) is 0.889. The van der Waals surface area contributed by atoms with Crippen LogP contribution in [0.4, 0.5) is 0 Å². The van der Waals surface area contributed by atoms with Crippen LogP contribution in [0.2, 0.25) is 0 Å². The van der Waals surface area contributed by atoms with Crippen molar-refractivity contribution >= 4 is 5.91 Å². The van der Waals surface area contributed by atoms with Gasteiger partial charge >= 0.3 is 0 Å². The Kier molecular flexibility index (Phi) is 2.42. The third-order valence-electron chi connectivity index (χ3n) is 2.24. The Labute approximate surface area is 74.1 Å². The third kappa shape index (κ3) is 1.61. The lowest BCUT2D eigenvalue weighted by atomic mass is 9.92. The van der Waals surface area contributed by atoms with Gasteiger partial charge < -0.3 is 4.90 Å². The van der Waals surface area contributed by atoms with E-state index in [0.29, 0.717) is 6.54 Å². The summed E-state index contributed by atoms with van der Waals surface area (Å²) in [7, 11) is 0. The number of likely N-dealkylation sites (N-methyl/N-ethyl adjacent to an activating group) is 1. The van der Waals surface area contributed by atoms with Crippen molar-refractivity contribution in [2.24, 2.45) is 5.41 Å². The molecule has 0 aliphatic carbocycles. The zero-order valence-electron chi connectivity index (χ0n) is 8.35. The van der Waals surface area contributed by atoms with Crippen LogP contribution >= 0.6 is 0 Å². The second-order valence-electron chi connectivity index (χ2n) is 4.33. The Bertz CT molecular complexity index is 183. The molecular weight excluding hydrogens is 152 g/mol. The summed E-state index contributed by atoms with van der Waals surface area (Å²) in [6, 6.07) is 0. The monoisotopic (exact) mass is 170 g/mol. The summed E-state index contributed by atoms with van der Waals surface area (Å²) in [5.41, 5.74) is 0.127. The molecule has 12 heavy (non-hydrogen) atoms. The van der Waals surface area contributed by atoms with Crippen LogP contribution in [0, 0.1) is 5.41 Å². The van der Waals surface area contributed by atoms with Crippen LogP contribution in [-0.2, 0) is 4.79 Å². The lowest BCUT2D eigenvalue weighted by Gasteiger charge is -2.33. The molecule has 1 N–H and O–H groups in total. The molecule has 1 aliphatic heterocycles. The number of carbonyl (C=O) groups is 1. The first kappa shape index (κ1) is 9.52. The normalized spacial score (nSPS) is 25.2. The van der Waals surface area contributed by atoms with E-state index in [2.05, 4.69) is 26.1 Å². The van der Waals surface area contributed by atoms with Gasteiger partial charge in [-0.3, -0.25) is 10.1 Å². The van der Waals surface area contributed by atoms with Crippen LogP contribution in [0.25, 0.3) is 0 Å². The predicted molar refractivity (Wildman–Crippen MR) is 48.6 cm³/mol. The molecule has 3 nitrogen and oxygen atoms in total. The van der Waals surface area contributed by atoms with E-state index in [1.165, 1.54) is 0 Å². The lowest BCUT2D eigenvalue weighted by molar-refractivity contribution is -0.129. The van der Waals surface area contributed by atoms with Gasteiger partial charge in [-0.15, -0.1) is 0 Å². The van der Waals surface area contributed by atoms with Crippen molar-refractivity contribution in [3.8, 4) is 0 Å². The van der Waals surface area contributed by atoms with Crippen LogP contribution in [0.5, 0.6) is 0 Å². The van der Waals surface area contributed by atoms with Crippen LogP contribution in [0.3, 0.4) is 0 Å². The minimum absolute atomic E-state index is 0.127. The first-order chi connectivity index (χ1) is 5.46. The maximum atomic E-state index is 11.3. The average molecular weight is 170 g/mol. The van der Waals surface area contributed by atoms with Crippen LogP contribution in [0.1, 0.15) is 27.7 Å². The van der Waals surface area contributed by atoms with Gasteiger partial charge in [0.2, 0.25) is 5.91 Å². The highest BCUT2D eigenvalue weighted by molar-refractivity contribution is 5.80. The van der Waals surface area contributed by atoms with Gasteiger partial charge in [-0.05, 0) is 12.3 Å². The Morgan fingerprint density at radius 3 is 2.50 bits per heavy atom. The molecule has 0 radical (unpaired) electrons. The van der Waals surface area contributed by atoms with Crippen molar-refractivity contribution in [2.45, 2.75) is 33.9 Å². The molecule has 70 valence electrons. The number of carbonyl (C=O) groups excluding carboxylic acids is 1. The minimum atomic E-state index is 0.127. The number of hydrogen-bond acceptors (Lipinski definition) is 2. The second-order valence-corrected chi connectivity index (χ2v) is 4.33. The van der Waals surface area contributed by atoms with E-state index < -0.39 is 0 Å². The Balaban J connectivity index is 2.73. The van der Waals surface area contributed by atoms with Crippen molar-refractivity contribution in [2.75, 3.05) is 13.1 Å².